The average Bonchev–Trinajstić information content (AvgIpc) is 3.07. The molecule has 1 nitrogen and oxygen atoms in total. The Morgan fingerprint density at radius 2 is 1.41 bits per heavy atom. The Morgan fingerprint density at radius 1 is 0.882 bits per heavy atom. The van der Waals surface area contributed by atoms with Crippen molar-refractivity contribution >= 4 is 5.78 Å². The molecule has 17 heavy (non-hydrogen) atoms. The first-order valence-corrected chi connectivity index (χ1v) is 6.67. The van der Waals surface area contributed by atoms with Crippen LogP contribution < -0.4 is 0 Å². The van der Waals surface area contributed by atoms with Crippen LogP contribution in [0.2, 0.25) is 0 Å². The molecule has 0 unspecified atom stereocenters. The maximum absolute atomic E-state index is 12.2. The lowest BCUT2D eigenvalue weighted by Gasteiger charge is -2.32. The van der Waals surface area contributed by atoms with Crippen LogP contribution in [0.4, 0.5) is 0 Å². The van der Waals surface area contributed by atoms with Crippen LogP contribution >= 0.6 is 0 Å². The number of fused-ring (bicyclic) bond motifs is 12. The maximum Gasteiger partial charge on any atom is 0.147 e. The Morgan fingerprint density at radius 3 is 1.94 bits per heavy atom. The predicted octanol–water partition coefficient (Wildman–Crippen LogP) is 2.89. The van der Waals surface area contributed by atoms with Crippen LogP contribution in [0.25, 0.3) is 0 Å². The topological polar surface area (TPSA) is 17.1 Å². The van der Waals surface area contributed by atoms with Crippen LogP contribution in [0.15, 0.2) is 36.4 Å². The van der Waals surface area contributed by atoms with Crippen molar-refractivity contribution in [3.05, 3.63) is 47.5 Å². The highest BCUT2D eigenvalue weighted by atomic mass is 16.1. The smallest absolute Gasteiger partial charge is 0.147 e. The molecule has 0 N–H and O–H groups in total. The summed E-state index contributed by atoms with van der Waals surface area (Å²) in [6, 6.07) is 8.88. The number of hydrogen-bond donors (Lipinski definition) is 0. The third-order valence-electron chi connectivity index (χ3n) is 5.69. The summed E-state index contributed by atoms with van der Waals surface area (Å²) in [5.74, 6) is 3.65. The van der Waals surface area contributed by atoms with E-state index in [2.05, 4.69) is 36.4 Å². The van der Waals surface area contributed by atoms with E-state index < -0.39 is 0 Å². The Labute approximate surface area is 101 Å². The van der Waals surface area contributed by atoms with E-state index in [0.29, 0.717) is 29.5 Å². The van der Waals surface area contributed by atoms with E-state index in [1.807, 2.05) is 0 Å². The van der Waals surface area contributed by atoms with Gasteiger partial charge in [-0.25, -0.2) is 0 Å². The number of carbonyl (C=O) groups is 1. The highest BCUT2D eigenvalue weighted by molar-refractivity contribution is 5.93. The van der Waals surface area contributed by atoms with Gasteiger partial charge in [0, 0.05) is 11.8 Å². The van der Waals surface area contributed by atoms with Crippen LogP contribution in [-0.4, -0.2) is 5.78 Å². The lowest BCUT2D eigenvalue weighted by Crippen LogP contribution is -2.25. The maximum atomic E-state index is 12.2. The SMILES string of the molecule is O=C1[C@H]2C=C[C@H]1[C@H]1[C@H]2[C@H]2C[C@H]1c1ccccc12. The molecule has 1 aromatic carbocycles. The van der Waals surface area contributed by atoms with E-state index in [4.69, 9.17) is 0 Å². The van der Waals surface area contributed by atoms with Crippen LogP contribution in [-0.2, 0) is 4.79 Å². The van der Waals surface area contributed by atoms with E-state index >= 15 is 0 Å². The second-order valence-electron chi connectivity index (χ2n) is 6.07. The van der Waals surface area contributed by atoms with E-state index in [-0.39, 0.29) is 11.8 Å². The molecule has 2 saturated carbocycles. The molecule has 1 aromatic rings. The Bertz CT molecular complexity index is 524. The van der Waals surface area contributed by atoms with Gasteiger partial charge in [-0.2, -0.15) is 0 Å². The first-order chi connectivity index (χ1) is 8.36. The molecular weight excluding hydrogens is 208 g/mol. The Kier molecular flexibility index (Phi) is 1.30. The number of carbonyl (C=O) groups excluding carboxylic acids is 1. The van der Waals surface area contributed by atoms with E-state index in [1.54, 1.807) is 11.1 Å². The zero-order valence-electron chi connectivity index (χ0n) is 9.54. The van der Waals surface area contributed by atoms with Crippen LogP contribution in [0.1, 0.15) is 29.4 Å². The summed E-state index contributed by atoms with van der Waals surface area (Å²) >= 11 is 0. The second-order valence-corrected chi connectivity index (χ2v) is 6.07. The molecule has 84 valence electrons. The summed E-state index contributed by atoms with van der Waals surface area (Å²) in [5, 5.41) is 0. The van der Waals surface area contributed by atoms with Gasteiger partial charge in [-0.3, -0.25) is 4.79 Å². The van der Waals surface area contributed by atoms with Crippen LogP contribution in [0.5, 0.6) is 0 Å². The lowest BCUT2D eigenvalue weighted by molar-refractivity contribution is -0.121. The van der Waals surface area contributed by atoms with Crippen molar-refractivity contribution in [3.63, 3.8) is 0 Å². The fourth-order valence-electron chi connectivity index (χ4n) is 5.25. The minimum atomic E-state index is 0.258. The number of allylic oxidation sites excluding steroid dienone is 2. The molecule has 0 aliphatic heterocycles. The number of Topliss-reactive ketones (excluding diaryl/α,β-unsaturated/α-hetero) is 1. The molecule has 0 heterocycles. The molecule has 4 aliphatic rings. The van der Waals surface area contributed by atoms with Crippen molar-refractivity contribution in [3.8, 4) is 0 Å². The molecule has 0 spiro atoms. The highest BCUT2D eigenvalue weighted by Gasteiger charge is 2.63. The van der Waals surface area contributed by atoms with Gasteiger partial charge in [0.15, 0.2) is 0 Å². The number of rotatable bonds is 0. The van der Waals surface area contributed by atoms with Crippen molar-refractivity contribution < 1.29 is 4.79 Å². The van der Waals surface area contributed by atoms with E-state index in [9.17, 15) is 4.79 Å². The zero-order chi connectivity index (χ0) is 11.1. The van der Waals surface area contributed by atoms with Crippen LogP contribution in [0, 0.1) is 23.7 Å². The molecule has 4 aliphatic carbocycles. The fraction of sp³-hybridized carbons (Fsp3) is 0.438. The van der Waals surface area contributed by atoms with Gasteiger partial charge < -0.3 is 0 Å². The number of ketones is 1. The second kappa shape index (κ2) is 2.55. The quantitative estimate of drug-likeness (QED) is 0.487. The zero-order valence-corrected chi connectivity index (χ0v) is 9.54. The largest absolute Gasteiger partial charge is 0.298 e. The molecule has 6 atom stereocenters. The third kappa shape index (κ3) is 0.782. The Balaban J connectivity index is 1.73. The molecule has 5 rings (SSSR count). The molecule has 1 heteroatoms. The van der Waals surface area contributed by atoms with Gasteiger partial charge >= 0.3 is 0 Å². The number of hydrogen-bond acceptors (Lipinski definition) is 1. The van der Waals surface area contributed by atoms with Gasteiger partial charge in [0.1, 0.15) is 5.78 Å². The van der Waals surface area contributed by atoms with Crippen LogP contribution in [0.3, 0.4) is 0 Å². The summed E-state index contributed by atoms with van der Waals surface area (Å²) < 4.78 is 0. The summed E-state index contributed by atoms with van der Waals surface area (Å²) in [6.45, 7) is 0. The van der Waals surface area contributed by atoms with Crippen molar-refractivity contribution in [2.75, 3.05) is 0 Å². The summed E-state index contributed by atoms with van der Waals surface area (Å²) in [6.07, 6.45) is 5.69. The van der Waals surface area contributed by atoms with Gasteiger partial charge in [0.25, 0.3) is 0 Å². The van der Waals surface area contributed by atoms with Gasteiger partial charge in [0.05, 0.1) is 0 Å². The molecule has 0 aromatic heterocycles. The van der Waals surface area contributed by atoms with Gasteiger partial charge in [-0.15, -0.1) is 0 Å². The summed E-state index contributed by atoms with van der Waals surface area (Å²) in [4.78, 5) is 12.2. The minimum Gasteiger partial charge on any atom is -0.298 e. The first-order valence-electron chi connectivity index (χ1n) is 6.67. The molecule has 2 fully saturated rings. The normalized spacial score (nSPS) is 47.6. The molecule has 0 saturated heterocycles. The van der Waals surface area contributed by atoms with Crippen molar-refractivity contribution in [2.24, 2.45) is 23.7 Å². The highest BCUT2D eigenvalue weighted by Crippen LogP contribution is 2.68. The van der Waals surface area contributed by atoms with Gasteiger partial charge in [0.2, 0.25) is 0 Å². The third-order valence-corrected chi connectivity index (χ3v) is 5.69. The number of benzene rings is 1. The van der Waals surface area contributed by atoms with Gasteiger partial charge in [-0.05, 0) is 41.2 Å². The average molecular weight is 222 g/mol. The molecule has 4 bridgehead atoms. The summed E-state index contributed by atoms with van der Waals surface area (Å²) in [7, 11) is 0. The monoisotopic (exact) mass is 222 g/mol. The molecule has 0 radical (unpaired) electrons. The predicted molar refractivity (Wildman–Crippen MR) is 64.6 cm³/mol. The summed E-state index contributed by atoms with van der Waals surface area (Å²) in [5.41, 5.74) is 3.10. The van der Waals surface area contributed by atoms with E-state index in [0.717, 1.165) is 0 Å². The van der Waals surface area contributed by atoms with Gasteiger partial charge in [-0.1, -0.05) is 36.4 Å². The first kappa shape index (κ1) is 8.68. The van der Waals surface area contributed by atoms with Crippen molar-refractivity contribution in [1.29, 1.82) is 0 Å². The molecular formula is C16H14O. The Hall–Kier alpha value is -1.37. The standard InChI is InChI=1S/C16H14O/c17-16-10-5-6-11(16)15-13-7-12(14(10)15)8-3-1-2-4-9(8)13/h1-6,10-15H,7H2/t10-,11-,12-,13-,14+,15+/m0/s1. The molecule has 0 amide bonds. The fourth-order valence-corrected chi connectivity index (χ4v) is 5.25. The van der Waals surface area contributed by atoms with Crippen molar-refractivity contribution in [2.45, 2.75) is 18.3 Å². The van der Waals surface area contributed by atoms with E-state index in [1.165, 1.54) is 6.42 Å². The van der Waals surface area contributed by atoms with Crippen molar-refractivity contribution in [1.82, 2.24) is 0 Å². The minimum absolute atomic E-state index is 0.258. The lowest BCUT2D eigenvalue weighted by atomic mass is 9.71.